The van der Waals surface area contributed by atoms with Crippen LogP contribution in [0.1, 0.15) is 11.8 Å². The minimum Gasteiger partial charge on any atom is -0.378 e. The summed E-state index contributed by atoms with van der Waals surface area (Å²) in [5.41, 5.74) is 2.19. The van der Waals surface area contributed by atoms with Crippen molar-refractivity contribution in [3.8, 4) is 0 Å². The Morgan fingerprint density at radius 3 is 3.04 bits per heavy atom. The van der Waals surface area contributed by atoms with E-state index in [4.69, 9.17) is 4.74 Å². The van der Waals surface area contributed by atoms with Crippen molar-refractivity contribution in [3.63, 3.8) is 0 Å². The van der Waals surface area contributed by atoms with E-state index in [-0.39, 0.29) is 0 Å². The van der Waals surface area contributed by atoms with Crippen LogP contribution < -0.4 is 10.2 Å². The lowest BCUT2D eigenvalue weighted by Crippen LogP contribution is -2.36. The molecule has 0 aromatic carbocycles. The topological polar surface area (TPSA) is 62.6 Å². The minimum absolute atomic E-state index is 0.768. The van der Waals surface area contributed by atoms with Gasteiger partial charge in [0.05, 0.1) is 18.1 Å². The normalized spacial score (nSPS) is 15.5. The molecule has 1 aliphatic heterocycles. The number of ether oxygens (including phenoxy) is 1. The third kappa shape index (κ3) is 3.94. The predicted octanol–water partition coefficient (Wildman–Crippen LogP) is 3.18. The second-order valence-electron chi connectivity index (χ2n) is 5.15. The van der Waals surface area contributed by atoms with Crippen molar-refractivity contribution in [3.05, 3.63) is 35.6 Å². The molecule has 3 heterocycles. The molecule has 1 fully saturated rings. The zero-order valence-electron chi connectivity index (χ0n) is 13.0. The molecule has 0 radical (unpaired) electrons. The van der Waals surface area contributed by atoms with Crippen LogP contribution in [0.3, 0.4) is 0 Å². The molecule has 1 aliphatic rings. The molecule has 0 spiro atoms. The number of hydrogen-bond donors (Lipinski definition) is 1. The average molecular weight is 329 g/mol. The van der Waals surface area contributed by atoms with Crippen molar-refractivity contribution >= 4 is 40.3 Å². The number of nitrogens with one attached hydrogen (secondary N) is 1. The first-order valence-electron chi connectivity index (χ1n) is 7.41. The molecule has 6 nitrogen and oxygen atoms in total. The van der Waals surface area contributed by atoms with E-state index < -0.39 is 0 Å². The summed E-state index contributed by atoms with van der Waals surface area (Å²) in [7, 11) is 0. The lowest BCUT2D eigenvalue weighted by atomic mass is 10.3. The highest BCUT2D eigenvalue weighted by atomic mass is 32.1. The highest BCUT2D eigenvalue weighted by Gasteiger charge is 2.12. The fourth-order valence-corrected chi connectivity index (χ4v) is 3.12. The molecule has 23 heavy (non-hydrogen) atoms. The van der Waals surface area contributed by atoms with Gasteiger partial charge in [-0.1, -0.05) is 11.3 Å². The van der Waals surface area contributed by atoms with Crippen molar-refractivity contribution in [2.24, 2.45) is 4.99 Å². The fourth-order valence-electron chi connectivity index (χ4n) is 2.33. The first kappa shape index (κ1) is 15.6. The van der Waals surface area contributed by atoms with Gasteiger partial charge in [0.2, 0.25) is 0 Å². The maximum atomic E-state index is 5.39. The summed E-state index contributed by atoms with van der Waals surface area (Å²) >= 11 is 1.57. The molecule has 2 aromatic heterocycles. The third-order valence-electron chi connectivity index (χ3n) is 3.53. The van der Waals surface area contributed by atoms with Gasteiger partial charge in [-0.25, -0.2) is 9.97 Å². The Morgan fingerprint density at radius 1 is 1.43 bits per heavy atom. The van der Waals surface area contributed by atoms with Crippen LogP contribution in [-0.2, 0) is 4.74 Å². The Bertz CT molecular complexity index is 706. The smallest absolute Gasteiger partial charge is 0.188 e. The molecule has 0 atom stereocenters. The first-order valence-corrected chi connectivity index (χ1v) is 8.22. The summed E-state index contributed by atoms with van der Waals surface area (Å²) in [4.78, 5) is 15.9. The molecule has 0 aliphatic carbocycles. The summed E-state index contributed by atoms with van der Waals surface area (Å²) in [6, 6.07) is 4.06. The summed E-state index contributed by atoms with van der Waals surface area (Å²) in [5.74, 6) is 0.790. The predicted molar refractivity (Wildman–Crippen MR) is 95.9 cm³/mol. The number of rotatable bonds is 5. The molecule has 3 rings (SSSR count). The summed E-state index contributed by atoms with van der Waals surface area (Å²) < 4.78 is 5.39. The number of aliphatic imine (C=N–C) groups is 1. The van der Waals surface area contributed by atoms with Crippen molar-refractivity contribution in [1.29, 1.82) is 0 Å². The average Bonchev–Trinajstić information content (AvgIpc) is 3.05. The fraction of sp³-hybridized carbons (Fsp3) is 0.312. The zero-order chi connectivity index (χ0) is 16.1. The third-order valence-corrected chi connectivity index (χ3v) is 4.58. The standard InChI is InChI=1S/C16H19N5OS/c1-12(10-17-2)14-11-19-16(23-14)20-15-9-13(3-4-18-15)21-5-7-22-8-6-21/h3-4,9-11H,2,5-8H2,1H3,(H,18,19,20)/b12-10+. The minimum atomic E-state index is 0.768. The van der Waals surface area contributed by atoms with Crippen molar-refractivity contribution in [1.82, 2.24) is 9.97 Å². The van der Waals surface area contributed by atoms with Crippen LogP contribution in [0.25, 0.3) is 5.57 Å². The zero-order valence-corrected chi connectivity index (χ0v) is 13.8. The van der Waals surface area contributed by atoms with E-state index in [2.05, 4.69) is 31.9 Å². The van der Waals surface area contributed by atoms with E-state index in [0.29, 0.717) is 0 Å². The number of morpholine rings is 1. The maximum absolute atomic E-state index is 5.39. The van der Waals surface area contributed by atoms with Crippen molar-refractivity contribution in [2.45, 2.75) is 6.92 Å². The second kappa shape index (κ2) is 7.34. The van der Waals surface area contributed by atoms with Crippen LogP contribution in [0.5, 0.6) is 0 Å². The monoisotopic (exact) mass is 329 g/mol. The molecule has 0 bridgehead atoms. The lowest BCUT2D eigenvalue weighted by molar-refractivity contribution is 0.122. The van der Waals surface area contributed by atoms with E-state index in [0.717, 1.165) is 53.4 Å². The van der Waals surface area contributed by atoms with E-state index in [1.54, 1.807) is 17.5 Å². The van der Waals surface area contributed by atoms with Gasteiger partial charge < -0.3 is 15.0 Å². The van der Waals surface area contributed by atoms with Gasteiger partial charge in [0, 0.05) is 43.4 Å². The summed E-state index contributed by atoms with van der Waals surface area (Å²) in [6.07, 6.45) is 5.37. The highest BCUT2D eigenvalue weighted by Crippen LogP contribution is 2.28. The molecule has 7 heteroatoms. The quantitative estimate of drug-likeness (QED) is 0.854. The molecular formula is C16H19N5OS. The van der Waals surface area contributed by atoms with Crippen LogP contribution in [-0.4, -0.2) is 43.0 Å². The Labute approximate surface area is 139 Å². The molecule has 0 amide bonds. The first-order chi connectivity index (χ1) is 11.3. The van der Waals surface area contributed by atoms with E-state index >= 15 is 0 Å². The Morgan fingerprint density at radius 2 is 2.26 bits per heavy atom. The van der Waals surface area contributed by atoms with Gasteiger partial charge in [0.25, 0.3) is 0 Å². The van der Waals surface area contributed by atoms with Gasteiger partial charge in [-0.3, -0.25) is 4.99 Å². The van der Waals surface area contributed by atoms with E-state index in [1.807, 2.05) is 31.5 Å². The van der Waals surface area contributed by atoms with Gasteiger partial charge in [-0.2, -0.15) is 0 Å². The number of thiazole rings is 1. The van der Waals surface area contributed by atoms with Gasteiger partial charge in [0.15, 0.2) is 5.13 Å². The second-order valence-corrected chi connectivity index (χ2v) is 6.18. The molecule has 1 saturated heterocycles. The van der Waals surface area contributed by atoms with Crippen LogP contribution in [0.4, 0.5) is 16.6 Å². The molecule has 1 N–H and O–H groups in total. The van der Waals surface area contributed by atoms with Crippen LogP contribution in [0.2, 0.25) is 0 Å². The maximum Gasteiger partial charge on any atom is 0.188 e. The van der Waals surface area contributed by atoms with Crippen LogP contribution in [0.15, 0.2) is 35.7 Å². The van der Waals surface area contributed by atoms with Crippen molar-refractivity contribution in [2.75, 3.05) is 36.5 Å². The number of nitrogens with zero attached hydrogens (tertiary/aromatic N) is 4. The molecule has 2 aromatic rings. The Kier molecular flexibility index (Phi) is 4.99. The largest absolute Gasteiger partial charge is 0.378 e. The Hall–Kier alpha value is -2.25. The highest BCUT2D eigenvalue weighted by molar-refractivity contribution is 7.16. The molecule has 0 saturated carbocycles. The Balaban J connectivity index is 1.73. The summed E-state index contributed by atoms with van der Waals surface area (Å²) in [5, 5.41) is 4.07. The number of pyridine rings is 1. The van der Waals surface area contributed by atoms with E-state index in [1.165, 1.54) is 0 Å². The molecule has 0 unspecified atom stereocenters. The van der Waals surface area contributed by atoms with Gasteiger partial charge >= 0.3 is 0 Å². The number of aromatic nitrogens is 2. The van der Waals surface area contributed by atoms with E-state index in [9.17, 15) is 0 Å². The molecular weight excluding hydrogens is 310 g/mol. The lowest BCUT2D eigenvalue weighted by Gasteiger charge is -2.28. The number of allylic oxidation sites excluding steroid dienone is 1. The summed E-state index contributed by atoms with van der Waals surface area (Å²) in [6.45, 7) is 8.81. The number of hydrogen-bond acceptors (Lipinski definition) is 7. The molecule has 120 valence electrons. The van der Waals surface area contributed by atoms with Gasteiger partial charge in [0.1, 0.15) is 5.82 Å². The van der Waals surface area contributed by atoms with Gasteiger partial charge in [-0.15, -0.1) is 0 Å². The van der Waals surface area contributed by atoms with Gasteiger partial charge in [-0.05, 0) is 25.3 Å². The van der Waals surface area contributed by atoms with Crippen molar-refractivity contribution < 1.29 is 4.74 Å². The van der Waals surface area contributed by atoms with Crippen LogP contribution >= 0.6 is 11.3 Å². The number of anilines is 3. The SMILES string of the molecule is C=N/C=C(\C)c1cnc(Nc2cc(N3CCOCC3)ccn2)s1. The van der Waals surface area contributed by atoms with Crippen LogP contribution in [0, 0.1) is 0 Å².